The van der Waals surface area contributed by atoms with E-state index in [0.29, 0.717) is 0 Å². The smallest absolute Gasteiger partial charge is 0.0440 e. The van der Waals surface area contributed by atoms with Crippen LogP contribution in [0.25, 0.3) is 96.6 Å². The standard InChI is InChI=1S/C46H28S/c1-2-12-29(13-3-1)43-37-17-6-8-19-39(37)44(40-20-9-7-18-38(40)43)33-24-22-31-27-34(25-23-30(31)26-33)45-35-15-5-4-14-32(35)28-41-36-16-10-11-21-42(36)47-46(41)45/h1-28H. The van der Waals surface area contributed by atoms with E-state index in [1.54, 1.807) is 0 Å². The average molecular weight is 613 g/mol. The number of fused-ring (bicyclic) bond motifs is 7. The van der Waals surface area contributed by atoms with Crippen LogP contribution in [0.15, 0.2) is 170 Å². The van der Waals surface area contributed by atoms with E-state index in [9.17, 15) is 0 Å². The number of hydrogen-bond donors (Lipinski definition) is 0. The number of hydrogen-bond acceptors (Lipinski definition) is 1. The maximum absolute atomic E-state index is 2.39. The van der Waals surface area contributed by atoms with Crippen LogP contribution >= 0.6 is 11.3 Å². The second-order valence-corrected chi connectivity index (χ2v) is 13.5. The fourth-order valence-electron chi connectivity index (χ4n) is 7.72. The third-order valence-corrected chi connectivity index (χ3v) is 11.0. The summed E-state index contributed by atoms with van der Waals surface area (Å²) < 4.78 is 2.69. The Morgan fingerprint density at radius 2 is 0.766 bits per heavy atom. The molecule has 47 heavy (non-hydrogen) atoms. The van der Waals surface area contributed by atoms with E-state index in [1.807, 2.05) is 11.3 Å². The molecule has 0 aliphatic carbocycles. The minimum Gasteiger partial charge on any atom is -0.135 e. The second kappa shape index (κ2) is 10.4. The minimum atomic E-state index is 1.24. The van der Waals surface area contributed by atoms with E-state index in [0.717, 1.165) is 0 Å². The molecule has 0 spiro atoms. The summed E-state index contributed by atoms with van der Waals surface area (Å²) in [6, 6.07) is 62.7. The normalized spacial score (nSPS) is 11.8. The molecule has 0 saturated carbocycles. The molecule has 218 valence electrons. The van der Waals surface area contributed by atoms with Gasteiger partial charge in [0.05, 0.1) is 0 Å². The van der Waals surface area contributed by atoms with Gasteiger partial charge in [0.2, 0.25) is 0 Å². The molecule has 9 aromatic carbocycles. The Balaban J connectivity index is 1.20. The molecule has 0 aliphatic heterocycles. The zero-order valence-electron chi connectivity index (χ0n) is 25.6. The van der Waals surface area contributed by atoms with Crippen molar-refractivity contribution in [3.8, 4) is 33.4 Å². The van der Waals surface area contributed by atoms with Gasteiger partial charge in [-0.25, -0.2) is 0 Å². The molecule has 10 aromatic rings. The van der Waals surface area contributed by atoms with Crippen LogP contribution in [-0.4, -0.2) is 0 Å². The van der Waals surface area contributed by atoms with Gasteiger partial charge in [0.25, 0.3) is 0 Å². The minimum absolute atomic E-state index is 1.24. The highest BCUT2D eigenvalue weighted by Gasteiger charge is 2.18. The predicted octanol–water partition coefficient (Wildman–Crippen LogP) is 13.7. The molecule has 0 amide bonds. The van der Waals surface area contributed by atoms with Gasteiger partial charge in [-0.1, -0.05) is 146 Å². The first-order valence-electron chi connectivity index (χ1n) is 16.2. The molecule has 0 nitrogen and oxygen atoms in total. The van der Waals surface area contributed by atoms with Crippen molar-refractivity contribution in [3.05, 3.63) is 170 Å². The number of benzene rings is 9. The van der Waals surface area contributed by atoms with Crippen molar-refractivity contribution in [2.75, 3.05) is 0 Å². The topological polar surface area (TPSA) is 0 Å². The van der Waals surface area contributed by atoms with Crippen molar-refractivity contribution >= 4 is 74.6 Å². The van der Waals surface area contributed by atoms with Crippen LogP contribution in [0.4, 0.5) is 0 Å². The quantitative estimate of drug-likeness (QED) is 0.174. The fourth-order valence-corrected chi connectivity index (χ4v) is 8.98. The van der Waals surface area contributed by atoms with Gasteiger partial charge < -0.3 is 0 Å². The van der Waals surface area contributed by atoms with Crippen LogP contribution in [0.1, 0.15) is 0 Å². The van der Waals surface area contributed by atoms with Crippen molar-refractivity contribution in [1.29, 1.82) is 0 Å². The third-order valence-electron chi connectivity index (χ3n) is 9.80. The van der Waals surface area contributed by atoms with Crippen molar-refractivity contribution in [2.45, 2.75) is 0 Å². The molecular weight excluding hydrogens is 585 g/mol. The lowest BCUT2D eigenvalue weighted by atomic mass is 9.85. The third kappa shape index (κ3) is 4.07. The molecular formula is C46H28S. The lowest BCUT2D eigenvalue weighted by Crippen LogP contribution is -1.91. The summed E-state index contributed by atoms with van der Waals surface area (Å²) in [5.74, 6) is 0. The van der Waals surface area contributed by atoms with E-state index < -0.39 is 0 Å². The van der Waals surface area contributed by atoms with Crippen molar-refractivity contribution < 1.29 is 0 Å². The van der Waals surface area contributed by atoms with Crippen LogP contribution in [-0.2, 0) is 0 Å². The van der Waals surface area contributed by atoms with Crippen molar-refractivity contribution in [2.24, 2.45) is 0 Å². The summed E-state index contributed by atoms with van der Waals surface area (Å²) in [5.41, 5.74) is 7.69. The van der Waals surface area contributed by atoms with Crippen LogP contribution in [0.2, 0.25) is 0 Å². The second-order valence-electron chi connectivity index (χ2n) is 12.4. The van der Waals surface area contributed by atoms with Gasteiger partial charge in [0.1, 0.15) is 0 Å². The molecule has 10 rings (SSSR count). The Morgan fingerprint density at radius 1 is 0.277 bits per heavy atom. The first-order chi connectivity index (χ1) is 23.3. The summed E-state index contributed by atoms with van der Waals surface area (Å²) in [5, 5.41) is 12.9. The van der Waals surface area contributed by atoms with E-state index in [4.69, 9.17) is 0 Å². The maximum atomic E-state index is 2.39. The average Bonchev–Trinajstić information content (AvgIpc) is 3.50. The van der Waals surface area contributed by atoms with Crippen molar-refractivity contribution in [1.82, 2.24) is 0 Å². The van der Waals surface area contributed by atoms with Gasteiger partial charge in [-0.3, -0.25) is 0 Å². The zero-order chi connectivity index (χ0) is 30.9. The highest BCUT2D eigenvalue weighted by atomic mass is 32.1. The van der Waals surface area contributed by atoms with Crippen molar-refractivity contribution in [3.63, 3.8) is 0 Å². The van der Waals surface area contributed by atoms with Gasteiger partial charge in [-0.15, -0.1) is 11.3 Å². The molecule has 1 aromatic heterocycles. The van der Waals surface area contributed by atoms with Gasteiger partial charge in [-0.05, 0) is 95.2 Å². The molecule has 0 unspecified atom stereocenters. The number of rotatable bonds is 3. The van der Waals surface area contributed by atoms with E-state index in [1.165, 1.54) is 96.6 Å². The molecule has 0 saturated heterocycles. The van der Waals surface area contributed by atoms with Crippen LogP contribution in [0, 0.1) is 0 Å². The summed E-state index contributed by atoms with van der Waals surface area (Å²) in [6.45, 7) is 0. The Hall–Kier alpha value is -5.76. The molecule has 0 radical (unpaired) electrons. The Morgan fingerprint density at radius 3 is 1.40 bits per heavy atom. The van der Waals surface area contributed by atoms with Gasteiger partial charge in [-0.2, -0.15) is 0 Å². The Labute approximate surface area is 276 Å². The Bertz CT molecular complexity index is 2780. The largest absolute Gasteiger partial charge is 0.135 e. The lowest BCUT2D eigenvalue weighted by Gasteiger charge is -2.18. The van der Waals surface area contributed by atoms with Gasteiger partial charge in [0, 0.05) is 25.7 Å². The molecule has 1 heteroatoms. The van der Waals surface area contributed by atoms with Gasteiger partial charge >= 0.3 is 0 Å². The first-order valence-corrected chi connectivity index (χ1v) is 17.0. The maximum Gasteiger partial charge on any atom is 0.0440 e. The molecule has 0 atom stereocenters. The van der Waals surface area contributed by atoms with E-state index in [-0.39, 0.29) is 0 Å². The monoisotopic (exact) mass is 612 g/mol. The lowest BCUT2D eigenvalue weighted by molar-refractivity contribution is 1.66. The van der Waals surface area contributed by atoms with Gasteiger partial charge in [0.15, 0.2) is 0 Å². The zero-order valence-corrected chi connectivity index (χ0v) is 26.4. The molecule has 0 fully saturated rings. The molecule has 0 aliphatic rings. The van der Waals surface area contributed by atoms with Crippen LogP contribution < -0.4 is 0 Å². The summed E-state index contributed by atoms with van der Waals surface area (Å²) in [6.07, 6.45) is 0. The van der Waals surface area contributed by atoms with E-state index in [2.05, 4.69) is 170 Å². The number of thiophene rings is 1. The Kier molecular flexibility index (Phi) is 5.85. The van der Waals surface area contributed by atoms with Crippen LogP contribution in [0.5, 0.6) is 0 Å². The summed E-state index contributed by atoms with van der Waals surface area (Å²) >= 11 is 1.90. The SMILES string of the molecule is c1ccc(-c2c3ccccc3c(-c3ccc4cc(-c5c6ccccc6cc6c5sc5ccccc56)ccc4c3)c3ccccc23)cc1. The molecule has 0 N–H and O–H groups in total. The first kappa shape index (κ1) is 26.5. The summed E-state index contributed by atoms with van der Waals surface area (Å²) in [4.78, 5) is 0. The molecule has 1 heterocycles. The van der Waals surface area contributed by atoms with Crippen LogP contribution in [0.3, 0.4) is 0 Å². The molecule has 0 bridgehead atoms. The highest BCUT2D eigenvalue weighted by Crippen LogP contribution is 2.46. The fraction of sp³-hybridized carbons (Fsp3) is 0. The summed E-state index contributed by atoms with van der Waals surface area (Å²) in [7, 11) is 0. The van der Waals surface area contributed by atoms with E-state index >= 15 is 0 Å². The highest BCUT2D eigenvalue weighted by molar-refractivity contribution is 7.26. The predicted molar refractivity (Wildman–Crippen MR) is 206 cm³/mol.